The molecule has 3 aromatic rings. The van der Waals surface area contributed by atoms with Crippen LogP contribution in [0.25, 0.3) is 10.9 Å². The summed E-state index contributed by atoms with van der Waals surface area (Å²) in [7, 11) is 0. The van der Waals surface area contributed by atoms with Crippen LogP contribution in [0.3, 0.4) is 0 Å². The number of aromatic nitrogens is 3. The van der Waals surface area contributed by atoms with Crippen molar-refractivity contribution in [3.05, 3.63) is 45.1 Å². The van der Waals surface area contributed by atoms with Crippen LogP contribution < -0.4 is 0 Å². The Morgan fingerprint density at radius 2 is 2.00 bits per heavy atom. The number of halogens is 1. The lowest BCUT2D eigenvalue weighted by Crippen LogP contribution is -1.92. The number of pyridine rings is 1. The van der Waals surface area contributed by atoms with Gasteiger partial charge in [0.05, 0.1) is 5.52 Å². The lowest BCUT2D eigenvalue weighted by Gasteiger charge is -2.08. The Morgan fingerprint density at radius 3 is 2.71 bits per heavy atom. The SMILES string of the molecule is Cc1nnc(SCc2cc3ccc(C)c(C)c3nc2Cl)s1. The van der Waals surface area contributed by atoms with E-state index < -0.39 is 0 Å². The molecule has 0 amide bonds. The summed E-state index contributed by atoms with van der Waals surface area (Å²) in [5, 5.41) is 10.8. The van der Waals surface area contributed by atoms with E-state index in [-0.39, 0.29) is 0 Å². The fourth-order valence-electron chi connectivity index (χ4n) is 2.08. The lowest BCUT2D eigenvalue weighted by molar-refractivity contribution is 0.983. The molecule has 1 aromatic carbocycles. The molecule has 0 radical (unpaired) electrons. The van der Waals surface area contributed by atoms with Crippen molar-refractivity contribution in [3.63, 3.8) is 0 Å². The number of hydrogen-bond donors (Lipinski definition) is 0. The van der Waals surface area contributed by atoms with Gasteiger partial charge in [-0.05, 0) is 38.0 Å². The molecular weight excluding hydrogens is 322 g/mol. The average Bonchev–Trinajstić information content (AvgIpc) is 2.87. The van der Waals surface area contributed by atoms with E-state index in [0.29, 0.717) is 5.15 Å². The van der Waals surface area contributed by atoms with Gasteiger partial charge in [0.1, 0.15) is 10.2 Å². The summed E-state index contributed by atoms with van der Waals surface area (Å²) in [5.41, 5.74) is 4.44. The minimum absolute atomic E-state index is 0.574. The van der Waals surface area contributed by atoms with Gasteiger partial charge in [0.25, 0.3) is 0 Å². The summed E-state index contributed by atoms with van der Waals surface area (Å²) in [6, 6.07) is 6.35. The molecule has 0 saturated carbocycles. The number of aryl methyl sites for hydroxylation is 3. The van der Waals surface area contributed by atoms with Gasteiger partial charge in [0.15, 0.2) is 4.34 Å². The monoisotopic (exact) mass is 335 g/mol. The van der Waals surface area contributed by atoms with Crippen LogP contribution in [-0.2, 0) is 5.75 Å². The Bertz CT molecular complexity index is 814. The molecule has 3 nitrogen and oxygen atoms in total. The van der Waals surface area contributed by atoms with Crippen molar-refractivity contribution in [3.8, 4) is 0 Å². The van der Waals surface area contributed by atoms with E-state index in [2.05, 4.69) is 47.2 Å². The quantitative estimate of drug-likeness (QED) is 0.501. The Labute approximate surface area is 136 Å². The number of rotatable bonds is 3. The van der Waals surface area contributed by atoms with E-state index in [4.69, 9.17) is 11.6 Å². The Balaban J connectivity index is 1.92. The summed E-state index contributed by atoms with van der Waals surface area (Å²) in [5.74, 6) is 0.753. The second-order valence-electron chi connectivity index (χ2n) is 4.89. The molecule has 6 heteroatoms. The van der Waals surface area contributed by atoms with Crippen LogP contribution in [0.2, 0.25) is 5.15 Å². The highest BCUT2D eigenvalue weighted by molar-refractivity contribution is 8.00. The van der Waals surface area contributed by atoms with Crippen LogP contribution in [-0.4, -0.2) is 15.2 Å². The Kier molecular flexibility index (Phi) is 4.15. The fourth-order valence-corrected chi connectivity index (χ4v) is 4.15. The Morgan fingerprint density at radius 1 is 1.19 bits per heavy atom. The van der Waals surface area contributed by atoms with Crippen molar-refractivity contribution >= 4 is 45.6 Å². The van der Waals surface area contributed by atoms with Crippen molar-refractivity contribution < 1.29 is 0 Å². The predicted octanol–water partition coefficient (Wildman–Crippen LogP) is 4.96. The molecule has 0 fully saturated rings. The van der Waals surface area contributed by atoms with Crippen molar-refractivity contribution in [2.75, 3.05) is 0 Å². The lowest BCUT2D eigenvalue weighted by atomic mass is 10.0. The normalized spacial score (nSPS) is 11.2. The largest absolute Gasteiger partial charge is 0.235 e. The molecule has 2 aromatic heterocycles. The molecule has 108 valence electrons. The second kappa shape index (κ2) is 5.91. The molecule has 21 heavy (non-hydrogen) atoms. The first-order valence-electron chi connectivity index (χ1n) is 6.53. The van der Waals surface area contributed by atoms with E-state index >= 15 is 0 Å². The minimum Gasteiger partial charge on any atom is -0.235 e. The third-order valence-corrected chi connectivity index (χ3v) is 5.74. The number of fused-ring (bicyclic) bond motifs is 1. The van der Waals surface area contributed by atoms with E-state index in [1.165, 1.54) is 11.1 Å². The zero-order valence-electron chi connectivity index (χ0n) is 12.0. The van der Waals surface area contributed by atoms with E-state index in [1.54, 1.807) is 23.1 Å². The molecule has 0 N–H and O–H groups in total. The zero-order chi connectivity index (χ0) is 15.0. The highest BCUT2D eigenvalue weighted by atomic mass is 35.5. The fraction of sp³-hybridized carbons (Fsp3) is 0.267. The number of nitrogens with zero attached hydrogens (tertiary/aromatic N) is 3. The minimum atomic E-state index is 0.574. The first-order valence-corrected chi connectivity index (χ1v) is 8.71. The third kappa shape index (κ3) is 3.05. The topological polar surface area (TPSA) is 38.7 Å². The highest BCUT2D eigenvalue weighted by Gasteiger charge is 2.10. The molecule has 0 unspecified atom stereocenters. The first-order chi connectivity index (χ1) is 10.0. The van der Waals surface area contributed by atoms with Crippen molar-refractivity contribution in [1.29, 1.82) is 0 Å². The summed E-state index contributed by atoms with van der Waals surface area (Å²) >= 11 is 9.58. The van der Waals surface area contributed by atoms with E-state index in [9.17, 15) is 0 Å². The molecular formula is C15H14ClN3S2. The van der Waals surface area contributed by atoms with Crippen LogP contribution in [0, 0.1) is 20.8 Å². The molecule has 0 aliphatic rings. The number of thioether (sulfide) groups is 1. The molecule has 0 aliphatic heterocycles. The summed E-state index contributed by atoms with van der Waals surface area (Å²) in [6.45, 7) is 6.13. The van der Waals surface area contributed by atoms with Gasteiger partial charge in [-0.3, -0.25) is 0 Å². The Hall–Kier alpha value is -1.17. The summed E-state index contributed by atoms with van der Waals surface area (Å²) in [6.07, 6.45) is 0. The second-order valence-corrected chi connectivity index (χ2v) is 7.66. The van der Waals surface area contributed by atoms with Gasteiger partial charge >= 0.3 is 0 Å². The maximum atomic E-state index is 6.34. The molecule has 0 spiro atoms. The smallest absolute Gasteiger partial charge is 0.174 e. The van der Waals surface area contributed by atoms with E-state index in [0.717, 1.165) is 31.6 Å². The average molecular weight is 336 g/mol. The van der Waals surface area contributed by atoms with Crippen molar-refractivity contribution in [2.45, 2.75) is 30.9 Å². The highest BCUT2D eigenvalue weighted by Crippen LogP contribution is 2.31. The van der Waals surface area contributed by atoms with Crippen LogP contribution in [0.4, 0.5) is 0 Å². The van der Waals surface area contributed by atoms with Gasteiger partial charge < -0.3 is 0 Å². The molecule has 0 bridgehead atoms. The van der Waals surface area contributed by atoms with Crippen molar-refractivity contribution in [2.24, 2.45) is 0 Å². The first kappa shape index (κ1) is 14.8. The molecule has 0 saturated heterocycles. The summed E-state index contributed by atoms with van der Waals surface area (Å²) in [4.78, 5) is 4.57. The van der Waals surface area contributed by atoms with Gasteiger partial charge in [-0.15, -0.1) is 10.2 Å². The van der Waals surface area contributed by atoms with Crippen molar-refractivity contribution in [1.82, 2.24) is 15.2 Å². The third-order valence-electron chi connectivity index (χ3n) is 3.40. The van der Waals surface area contributed by atoms with Gasteiger partial charge in [-0.2, -0.15) is 0 Å². The maximum Gasteiger partial charge on any atom is 0.174 e. The number of hydrogen-bond acceptors (Lipinski definition) is 5. The maximum absolute atomic E-state index is 6.34. The standard InChI is InChI=1S/C15H14ClN3S2/c1-8-4-5-11-6-12(14(16)17-13(11)9(8)2)7-20-15-19-18-10(3)21-15/h4-6H,7H2,1-3H3. The summed E-state index contributed by atoms with van der Waals surface area (Å²) < 4.78 is 0.962. The molecule has 3 rings (SSSR count). The van der Waals surface area contributed by atoms with E-state index in [1.807, 2.05) is 6.92 Å². The predicted molar refractivity (Wildman–Crippen MR) is 90.4 cm³/mol. The van der Waals surface area contributed by atoms with Gasteiger partial charge in [0.2, 0.25) is 0 Å². The van der Waals surface area contributed by atoms with Gasteiger partial charge in [-0.25, -0.2) is 4.98 Å². The van der Waals surface area contributed by atoms with Crippen LogP contribution >= 0.6 is 34.7 Å². The van der Waals surface area contributed by atoms with Gasteiger partial charge in [0, 0.05) is 16.7 Å². The number of benzene rings is 1. The molecule has 0 atom stereocenters. The van der Waals surface area contributed by atoms with Crippen LogP contribution in [0.1, 0.15) is 21.7 Å². The molecule has 0 aliphatic carbocycles. The van der Waals surface area contributed by atoms with Crippen LogP contribution in [0.5, 0.6) is 0 Å². The zero-order valence-corrected chi connectivity index (χ0v) is 14.4. The molecule has 2 heterocycles. The van der Waals surface area contributed by atoms with Gasteiger partial charge in [-0.1, -0.05) is 46.8 Å². The van der Waals surface area contributed by atoms with Crippen LogP contribution in [0.15, 0.2) is 22.5 Å².